The minimum Gasteiger partial charge on any atom is -0.266 e. The highest BCUT2D eigenvalue weighted by Gasteiger charge is 2.14. The first-order chi connectivity index (χ1) is 9.47. The molecule has 0 unspecified atom stereocenters. The van der Waals surface area contributed by atoms with Crippen molar-refractivity contribution in [2.75, 3.05) is 6.61 Å². The number of hydrogen-bond donors (Lipinski definition) is 0. The molecule has 0 aliphatic rings. The Kier molecular flexibility index (Phi) is 4.52. The summed E-state index contributed by atoms with van der Waals surface area (Å²) in [6, 6.07) is 10.4. The molecule has 0 spiro atoms. The number of nitrogens with zero attached hydrogens (tertiary/aromatic N) is 1. The van der Waals surface area contributed by atoms with E-state index in [1.54, 1.807) is 30.5 Å². The number of aromatic nitrogens is 1. The van der Waals surface area contributed by atoms with Gasteiger partial charge >= 0.3 is 0 Å². The molecule has 20 heavy (non-hydrogen) atoms. The molecule has 4 nitrogen and oxygen atoms in total. The highest BCUT2D eigenvalue weighted by molar-refractivity contribution is 7.86. The lowest BCUT2D eigenvalue weighted by Gasteiger charge is -2.06. The summed E-state index contributed by atoms with van der Waals surface area (Å²) in [5.41, 5.74) is 2.93. The Balaban J connectivity index is 1.98. The molecule has 0 atom stereocenters. The van der Waals surface area contributed by atoms with Crippen molar-refractivity contribution in [1.82, 2.24) is 4.98 Å². The summed E-state index contributed by atoms with van der Waals surface area (Å²) in [5, 5.41) is 0. The minimum atomic E-state index is -3.67. The molecule has 0 aliphatic carbocycles. The van der Waals surface area contributed by atoms with Crippen LogP contribution >= 0.6 is 0 Å². The van der Waals surface area contributed by atoms with Crippen LogP contribution in [0.5, 0.6) is 0 Å². The molecule has 0 radical (unpaired) electrons. The van der Waals surface area contributed by atoms with Crippen LogP contribution in [0.15, 0.2) is 47.5 Å². The maximum absolute atomic E-state index is 12.0. The van der Waals surface area contributed by atoms with Gasteiger partial charge in [-0.25, -0.2) is 0 Å². The van der Waals surface area contributed by atoms with Gasteiger partial charge in [-0.05, 0) is 50.1 Å². The van der Waals surface area contributed by atoms with Crippen LogP contribution in [0.25, 0.3) is 0 Å². The number of hydrogen-bond acceptors (Lipinski definition) is 4. The summed E-state index contributed by atoms with van der Waals surface area (Å²) in [6.07, 6.45) is 2.24. The topological polar surface area (TPSA) is 56.3 Å². The molecule has 0 N–H and O–H groups in total. The van der Waals surface area contributed by atoms with Gasteiger partial charge in [0.1, 0.15) is 0 Å². The van der Waals surface area contributed by atoms with Gasteiger partial charge in [-0.15, -0.1) is 0 Å². The molecule has 1 aromatic carbocycles. The van der Waals surface area contributed by atoms with E-state index in [2.05, 4.69) is 4.98 Å². The second-order valence-electron chi connectivity index (χ2n) is 4.64. The van der Waals surface area contributed by atoms with Crippen molar-refractivity contribution in [3.63, 3.8) is 0 Å². The molecule has 106 valence electrons. The van der Waals surface area contributed by atoms with Crippen molar-refractivity contribution in [3.8, 4) is 0 Å². The summed E-state index contributed by atoms with van der Waals surface area (Å²) < 4.78 is 29.0. The maximum atomic E-state index is 12.0. The summed E-state index contributed by atoms with van der Waals surface area (Å²) in [5.74, 6) is 0. The third-order valence-corrected chi connectivity index (χ3v) is 4.23. The molecule has 2 aromatic rings. The number of aryl methyl sites for hydroxylation is 2. The van der Waals surface area contributed by atoms with E-state index in [0.717, 1.165) is 16.8 Å². The molecule has 5 heteroatoms. The normalized spacial score (nSPS) is 11.5. The summed E-state index contributed by atoms with van der Waals surface area (Å²) in [6.45, 7) is 3.93. The summed E-state index contributed by atoms with van der Waals surface area (Å²) in [7, 11) is -3.67. The van der Waals surface area contributed by atoms with Gasteiger partial charge in [0.2, 0.25) is 0 Å². The van der Waals surface area contributed by atoms with Crippen LogP contribution in [0.2, 0.25) is 0 Å². The fourth-order valence-corrected chi connectivity index (χ4v) is 2.71. The van der Waals surface area contributed by atoms with Crippen molar-refractivity contribution in [2.45, 2.75) is 25.2 Å². The van der Waals surface area contributed by atoms with Crippen LogP contribution < -0.4 is 0 Å². The molecule has 1 heterocycles. The highest BCUT2D eigenvalue weighted by Crippen LogP contribution is 2.13. The fourth-order valence-electron chi connectivity index (χ4n) is 1.80. The summed E-state index contributed by atoms with van der Waals surface area (Å²) >= 11 is 0. The molecular weight excluding hydrogens is 274 g/mol. The van der Waals surface area contributed by atoms with Crippen molar-refractivity contribution in [3.05, 3.63) is 59.4 Å². The standard InChI is InChI=1S/C15H17NO3S/c1-12-3-5-15(6-4-12)20(17,18)19-10-8-14-7-9-16-13(2)11-14/h3-7,9,11H,8,10H2,1-2H3. The monoisotopic (exact) mass is 291 g/mol. The van der Waals surface area contributed by atoms with Crippen LogP contribution in [-0.4, -0.2) is 20.0 Å². The first-order valence-electron chi connectivity index (χ1n) is 6.35. The van der Waals surface area contributed by atoms with Crippen molar-refractivity contribution in [1.29, 1.82) is 0 Å². The van der Waals surface area contributed by atoms with Crippen LogP contribution in [0.3, 0.4) is 0 Å². The number of rotatable bonds is 5. The van der Waals surface area contributed by atoms with Crippen molar-refractivity contribution < 1.29 is 12.6 Å². The van der Waals surface area contributed by atoms with Gasteiger partial charge in [0.05, 0.1) is 11.5 Å². The third kappa shape index (κ3) is 3.88. The smallest absolute Gasteiger partial charge is 0.266 e. The van der Waals surface area contributed by atoms with Gasteiger partial charge in [-0.2, -0.15) is 8.42 Å². The van der Waals surface area contributed by atoms with E-state index in [1.165, 1.54) is 0 Å². The van der Waals surface area contributed by atoms with Gasteiger partial charge in [0.25, 0.3) is 10.1 Å². The van der Waals surface area contributed by atoms with Crippen LogP contribution in [0.4, 0.5) is 0 Å². The molecule has 0 amide bonds. The van der Waals surface area contributed by atoms with Gasteiger partial charge in [-0.3, -0.25) is 9.17 Å². The molecule has 0 bridgehead atoms. The van der Waals surface area contributed by atoms with Crippen LogP contribution in [0.1, 0.15) is 16.8 Å². The lowest BCUT2D eigenvalue weighted by Crippen LogP contribution is -2.09. The Morgan fingerprint density at radius 1 is 1.10 bits per heavy atom. The third-order valence-electron chi connectivity index (χ3n) is 2.90. The van der Waals surface area contributed by atoms with Crippen LogP contribution in [-0.2, 0) is 20.7 Å². The van der Waals surface area contributed by atoms with Gasteiger partial charge in [0, 0.05) is 11.9 Å². The Morgan fingerprint density at radius 2 is 1.80 bits per heavy atom. The van der Waals surface area contributed by atoms with Gasteiger partial charge < -0.3 is 0 Å². The maximum Gasteiger partial charge on any atom is 0.296 e. The average molecular weight is 291 g/mol. The Bertz CT molecular complexity index is 679. The van der Waals surface area contributed by atoms with Crippen molar-refractivity contribution in [2.24, 2.45) is 0 Å². The lowest BCUT2D eigenvalue weighted by molar-refractivity contribution is 0.322. The Labute approximate surface area is 119 Å². The first-order valence-corrected chi connectivity index (χ1v) is 7.76. The molecule has 0 fully saturated rings. The Hall–Kier alpha value is -1.72. The Morgan fingerprint density at radius 3 is 2.45 bits per heavy atom. The predicted molar refractivity (Wildman–Crippen MR) is 77.0 cm³/mol. The lowest BCUT2D eigenvalue weighted by atomic mass is 10.2. The van der Waals surface area contributed by atoms with E-state index in [1.807, 2.05) is 26.0 Å². The average Bonchev–Trinajstić information content (AvgIpc) is 2.39. The number of pyridine rings is 1. The SMILES string of the molecule is Cc1ccc(S(=O)(=O)OCCc2ccnc(C)c2)cc1. The van der Waals surface area contributed by atoms with Crippen molar-refractivity contribution >= 4 is 10.1 Å². The van der Waals surface area contributed by atoms with E-state index >= 15 is 0 Å². The van der Waals surface area contributed by atoms with E-state index in [-0.39, 0.29) is 11.5 Å². The minimum absolute atomic E-state index is 0.125. The second-order valence-corrected chi connectivity index (χ2v) is 6.26. The molecule has 2 rings (SSSR count). The van der Waals surface area contributed by atoms with Crippen LogP contribution in [0, 0.1) is 13.8 Å². The van der Waals surface area contributed by atoms with E-state index in [0.29, 0.717) is 6.42 Å². The fraction of sp³-hybridized carbons (Fsp3) is 0.267. The largest absolute Gasteiger partial charge is 0.296 e. The highest BCUT2D eigenvalue weighted by atomic mass is 32.2. The van der Waals surface area contributed by atoms with E-state index < -0.39 is 10.1 Å². The predicted octanol–water partition coefficient (Wildman–Crippen LogP) is 2.65. The zero-order valence-corrected chi connectivity index (χ0v) is 12.4. The summed E-state index contributed by atoms with van der Waals surface area (Å²) in [4.78, 5) is 4.28. The zero-order chi connectivity index (χ0) is 14.6. The van der Waals surface area contributed by atoms with E-state index in [9.17, 15) is 8.42 Å². The molecular formula is C15H17NO3S. The molecule has 0 saturated carbocycles. The van der Waals surface area contributed by atoms with E-state index in [4.69, 9.17) is 4.18 Å². The second kappa shape index (κ2) is 6.15. The molecule has 0 saturated heterocycles. The van der Waals surface area contributed by atoms with Gasteiger partial charge in [-0.1, -0.05) is 17.7 Å². The first kappa shape index (κ1) is 14.7. The zero-order valence-electron chi connectivity index (χ0n) is 11.5. The molecule has 0 aliphatic heterocycles. The number of benzene rings is 1. The quantitative estimate of drug-likeness (QED) is 0.795. The molecule has 1 aromatic heterocycles. The van der Waals surface area contributed by atoms with Gasteiger partial charge in [0.15, 0.2) is 0 Å².